The lowest BCUT2D eigenvalue weighted by atomic mass is 9.98. The molecule has 1 saturated carbocycles. The highest BCUT2D eigenvalue weighted by atomic mass is 32.2. The first-order valence-corrected chi connectivity index (χ1v) is 9.09. The molecule has 0 aliphatic heterocycles. The van der Waals surface area contributed by atoms with Gasteiger partial charge in [0.05, 0.1) is 11.0 Å². The van der Waals surface area contributed by atoms with Gasteiger partial charge in [0.1, 0.15) is 0 Å². The summed E-state index contributed by atoms with van der Waals surface area (Å²) in [6.45, 7) is 2.55. The van der Waals surface area contributed by atoms with Crippen LogP contribution in [0.25, 0.3) is 0 Å². The van der Waals surface area contributed by atoms with Crippen LogP contribution in [0.4, 0.5) is 0 Å². The Morgan fingerprint density at radius 2 is 1.95 bits per heavy atom. The molecule has 1 fully saturated rings. The molecule has 118 valence electrons. The molecule has 1 aliphatic rings. The van der Waals surface area contributed by atoms with Crippen molar-refractivity contribution in [1.29, 1.82) is 0 Å². The van der Waals surface area contributed by atoms with E-state index in [2.05, 4.69) is 0 Å². The van der Waals surface area contributed by atoms with Crippen molar-refractivity contribution >= 4 is 10.1 Å². The minimum absolute atomic E-state index is 0.0192. The predicted molar refractivity (Wildman–Crippen MR) is 82.1 cm³/mol. The SMILES string of the molecule is Cc1ccc(S(=O)(=O)O)c(CCCOC2CCCCC2)c1. The predicted octanol–water partition coefficient (Wildman–Crippen LogP) is 3.52. The van der Waals surface area contributed by atoms with Crippen molar-refractivity contribution in [2.45, 2.75) is 62.9 Å². The van der Waals surface area contributed by atoms with E-state index in [4.69, 9.17) is 4.74 Å². The molecule has 1 aromatic carbocycles. The Morgan fingerprint density at radius 1 is 1.24 bits per heavy atom. The molecule has 21 heavy (non-hydrogen) atoms. The highest BCUT2D eigenvalue weighted by Crippen LogP contribution is 2.22. The van der Waals surface area contributed by atoms with E-state index in [9.17, 15) is 13.0 Å². The van der Waals surface area contributed by atoms with Crippen LogP contribution in [0.1, 0.15) is 49.7 Å². The van der Waals surface area contributed by atoms with E-state index in [0.29, 0.717) is 24.7 Å². The fraction of sp³-hybridized carbons (Fsp3) is 0.625. The highest BCUT2D eigenvalue weighted by Gasteiger charge is 2.16. The van der Waals surface area contributed by atoms with Gasteiger partial charge in [-0.1, -0.05) is 37.0 Å². The van der Waals surface area contributed by atoms with Crippen molar-refractivity contribution in [1.82, 2.24) is 0 Å². The molecule has 5 heteroatoms. The van der Waals surface area contributed by atoms with Gasteiger partial charge in [-0.3, -0.25) is 4.55 Å². The summed E-state index contributed by atoms with van der Waals surface area (Å²) in [5, 5.41) is 0. The molecule has 0 unspecified atom stereocenters. The summed E-state index contributed by atoms with van der Waals surface area (Å²) in [5.41, 5.74) is 1.66. The van der Waals surface area contributed by atoms with Crippen molar-refractivity contribution in [2.24, 2.45) is 0 Å². The zero-order chi connectivity index (χ0) is 15.3. The molecule has 0 bridgehead atoms. The average molecular weight is 312 g/mol. The smallest absolute Gasteiger partial charge is 0.294 e. The second-order valence-corrected chi connectivity index (χ2v) is 7.21. The Kier molecular flexibility index (Phi) is 5.79. The van der Waals surface area contributed by atoms with Crippen LogP contribution in [-0.2, 0) is 21.3 Å². The van der Waals surface area contributed by atoms with Crippen LogP contribution in [0.3, 0.4) is 0 Å². The largest absolute Gasteiger partial charge is 0.378 e. The first kappa shape index (κ1) is 16.5. The number of rotatable bonds is 6. The van der Waals surface area contributed by atoms with E-state index in [1.165, 1.54) is 25.3 Å². The number of ether oxygens (including phenoxy) is 1. The van der Waals surface area contributed by atoms with Gasteiger partial charge in [0.2, 0.25) is 0 Å². The van der Waals surface area contributed by atoms with E-state index in [1.54, 1.807) is 6.07 Å². The Hall–Kier alpha value is -0.910. The van der Waals surface area contributed by atoms with Gasteiger partial charge < -0.3 is 4.74 Å². The molecule has 4 nitrogen and oxygen atoms in total. The number of aryl methyl sites for hydroxylation is 2. The molecule has 1 N–H and O–H groups in total. The van der Waals surface area contributed by atoms with Gasteiger partial charge in [0.15, 0.2) is 0 Å². The van der Waals surface area contributed by atoms with Gasteiger partial charge in [-0.25, -0.2) is 0 Å². The second kappa shape index (κ2) is 7.38. The number of hydrogen-bond acceptors (Lipinski definition) is 3. The maximum atomic E-state index is 11.4. The van der Waals surface area contributed by atoms with Crippen LogP contribution in [0.5, 0.6) is 0 Å². The summed E-state index contributed by atoms with van der Waals surface area (Å²) in [7, 11) is -4.15. The summed E-state index contributed by atoms with van der Waals surface area (Å²) >= 11 is 0. The van der Waals surface area contributed by atoms with Crippen molar-refractivity contribution in [2.75, 3.05) is 6.61 Å². The zero-order valence-electron chi connectivity index (χ0n) is 12.5. The third kappa shape index (κ3) is 5.09. The van der Waals surface area contributed by atoms with Crippen molar-refractivity contribution < 1.29 is 17.7 Å². The normalized spacial score (nSPS) is 17.0. The number of benzene rings is 1. The summed E-state index contributed by atoms with van der Waals surface area (Å²) in [5.74, 6) is 0. The fourth-order valence-electron chi connectivity index (χ4n) is 2.90. The van der Waals surface area contributed by atoms with Crippen LogP contribution in [-0.4, -0.2) is 25.7 Å². The van der Waals surface area contributed by atoms with E-state index < -0.39 is 10.1 Å². The molecule has 2 rings (SSSR count). The molecular weight excluding hydrogens is 288 g/mol. The lowest BCUT2D eigenvalue weighted by molar-refractivity contribution is 0.0272. The average Bonchev–Trinajstić information content (AvgIpc) is 2.43. The molecular formula is C16H24O4S. The minimum Gasteiger partial charge on any atom is -0.378 e. The van der Waals surface area contributed by atoms with Gasteiger partial charge in [-0.05, 0) is 44.2 Å². The van der Waals surface area contributed by atoms with Crippen LogP contribution in [0, 0.1) is 6.92 Å². The van der Waals surface area contributed by atoms with Gasteiger partial charge in [0.25, 0.3) is 10.1 Å². The first-order valence-electron chi connectivity index (χ1n) is 7.65. The Bertz CT molecular complexity index is 560. The number of hydrogen-bond donors (Lipinski definition) is 1. The Balaban J connectivity index is 1.89. The Labute approximate surface area is 127 Å². The standard InChI is InChI=1S/C16H24O4S/c1-13-9-10-16(21(17,18)19)14(12-13)6-5-11-20-15-7-3-2-4-8-15/h9-10,12,15H,2-8,11H2,1H3,(H,17,18,19). The van der Waals surface area contributed by atoms with Crippen LogP contribution < -0.4 is 0 Å². The summed E-state index contributed by atoms with van der Waals surface area (Å²) < 4.78 is 37.8. The molecule has 0 amide bonds. The van der Waals surface area contributed by atoms with Crippen molar-refractivity contribution in [3.05, 3.63) is 29.3 Å². The minimum atomic E-state index is -4.15. The summed E-state index contributed by atoms with van der Waals surface area (Å²) in [4.78, 5) is 0.0192. The van der Waals surface area contributed by atoms with Gasteiger partial charge in [0, 0.05) is 6.61 Å². The van der Waals surface area contributed by atoms with E-state index in [-0.39, 0.29) is 4.90 Å². The lowest BCUT2D eigenvalue weighted by Gasteiger charge is -2.22. The third-order valence-corrected chi connectivity index (χ3v) is 4.94. The summed E-state index contributed by atoms with van der Waals surface area (Å²) in [6, 6.07) is 5.00. The van der Waals surface area contributed by atoms with Crippen LogP contribution >= 0.6 is 0 Å². The van der Waals surface area contributed by atoms with Gasteiger partial charge >= 0.3 is 0 Å². The molecule has 1 aliphatic carbocycles. The third-order valence-electron chi connectivity index (χ3n) is 3.99. The van der Waals surface area contributed by atoms with Gasteiger partial charge in [-0.15, -0.1) is 0 Å². The van der Waals surface area contributed by atoms with Crippen molar-refractivity contribution in [3.63, 3.8) is 0 Å². The van der Waals surface area contributed by atoms with E-state index in [1.807, 2.05) is 13.0 Å². The lowest BCUT2D eigenvalue weighted by Crippen LogP contribution is -2.17. The molecule has 0 heterocycles. The van der Waals surface area contributed by atoms with Gasteiger partial charge in [-0.2, -0.15) is 8.42 Å². The van der Waals surface area contributed by atoms with E-state index in [0.717, 1.165) is 24.8 Å². The summed E-state index contributed by atoms with van der Waals surface area (Å²) in [6.07, 6.45) is 7.82. The maximum Gasteiger partial charge on any atom is 0.294 e. The Morgan fingerprint density at radius 3 is 2.62 bits per heavy atom. The van der Waals surface area contributed by atoms with E-state index >= 15 is 0 Å². The molecule has 1 aromatic rings. The molecule has 0 aromatic heterocycles. The van der Waals surface area contributed by atoms with Crippen LogP contribution in [0.2, 0.25) is 0 Å². The quantitative estimate of drug-likeness (QED) is 0.645. The molecule has 0 saturated heterocycles. The zero-order valence-corrected chi connectivity index (χ0v) is 13.4. The first-order chi connectivity index (χ1) is 9.97. The molecule has 0 spiro atoms. The highest BCUT2D eigenvalue weighted by molar-refractivity contribution is 7.85. The topological polar surface area (TPSA) is 63.6 Å². The molecule has 0 atom stereocenters. The fourth-order valence-corrected chi connectivity index (χ4v) is 3.63. The second-order valence-electron chi connectivity index (χ2n) is 5.82. The van der Waals surface area contributed by atoms with Crippen LogP contribution in [0.15, 0.2) is 23.1 Å². The maximum absolute atomic E-state index is 11.4. The molecule has 0 radical (unpaired) electrons. The monoisotopic (exact) mass is 312 g/mol. The van der Waals surface area contributed by atoms with Crippen molar-refractivity contribution in [3.8, 4) is 0 Å².